The summed E-state index contributed by atoms with van der Waals surface area (Å²) in [5.74, 6) is 1.53. The summed E-state index contributed by atoms with van der Waals surface area (Å²) < 4.78 is 11.1. The zero-order valence-corrected chi connectivity index (χ0v) is 12.8. The van der Waals surface area contributed by atoms with Crippen LogP contribution in [0.25, 0.3) is 0 Å². The molecular weight excluding hydrogens is 258 g/mol. The molecule has 0 saturated carbocycles. The summed E-state index contributed by atoms with van der Waals surface area (Å²) in [6.07, 6.45) is 1.01. The molecule has 2 atom stereocenters. The summed E-state index contributed by atoms with van der Waals surface area (Å²) in [4.78, 5) is 15.7. The Labute approximate surface area is 119 Å². The Morgan fingerprint density at radius 1 is 1.45 bits per heavy atom. The Bertz CT molecular complexity index is 482. The summed E-state index contributed by atoms with van der Waals surface area (Å²) >= 11 is 0. The first-order chi connectivity index (χ1) is 9.31. The molecule has 1 N–H and O–H groups in total. The van der Waals surface area contributed by atoms with Gasteiger partial charge in [0.25, 0.3) is 0 Å². The van der Waals surface area contributed by atoms with Crippen molar-refractivity contribution in [2.75, 3.05) is 6.61 Å². The molecule has 0 aliphatic carbocycles. The monoisotopic (exact) mass is 281 g/mol. The Morgan fingerprint density at radius 3 is 2.75 bits per heavy atom. The number of nitrogens with zero attached hydrogens (tertiary/aromatic N) is 2. The first kappa shape index (κ1) is 15.0. The largest absolute Gasteiger partial charge is 0.377 e. The van der Waals surface area contributed by atoms with Gasteiger partial charge in [0.2, 0.25) is 11.8 Å². The lowest BCUT2D eigenvalue weighted by atomic mass is 9.93. The van der Waals surface area contributed by atoms with Crippen LogP contribution in [0.5, 0.6) is 0 Å². The third-order valence-corrected chi connectivity index (χ3v) is 3.60. The number of rotatable bonds is 4. The van der Waals surface area contributed by atoms with Gasteiger partial charge in [-0.1, -0.05) is 19.0 Å². The van der Waals surface area contributed by atoms with Crippen LogP contribution in [0.15, 0.2) is 4.52 Å². The maximum Gasteiger partial charge on any atom is 0.232 e. The zero-order valence-electron chi connectivity index (χ0n) is 12.8. The summed E-state index contributed by atoms with van der Waals surface area (Å²) in [7, 11) is 0. The van der Waals surface area contributed by atoms with E-state index in [4.69, 9.17) is 9.26 Å². The highest BCUT2D eigenvalue weighted by Crippen LogP contribution is 2.35. The minimum atomic E-state index is -0.639. The van der Waals surface area contributed by atoms with E-state index in [2.05, 4.69) is 29.3 Å². The molecule has 2 heterocycles. The Balaban J connectivity index is 2.18. The van der Waals surface area contributed by atoms with Crippen molar-refractivity contribution in [1.82, 2.24) is 15.5 Å². The second-order valence-electron chi connectivity index (χ2n) is 6.24. The molecule has 1 aliphatic heterocycles. The molecule has 0 bridgehead atoms. The second kappa shape index (κ2) is 5.52. The molecule has 0 spiro atoms. The van der Waals surface area contributed by atoms with E-state index in [0.29, 0.717) is 17.6 Å². The van der Waals surface area contributed by atoms with Crippen LogP contribution in [-0.4, -0.2) is 28.8 Å². The number of hydrogen-bond acceptors (Lipinski definition) is 5. The summed E-state index contributed by atoms with van der Waals surface area (Å²) in [5, 5.41) is 6.84. The molecule has 1 amide bonds. The van der Waals surface area contributed by atoms with Crippen molar-refractivity contribution in [3.8, 4) is 0 Å². The van der Waals surface area contributed by atoms with Crippen LogP contribution in [0.2, 0.25) is 0 Å². The van der Waals surface area contributed by atoms with E-state index in [0.717, 1.165) is 13.0 Å². The van der Waals surface area contributed by atoms with Gasteiger partial charge in [-0.2, -0.15) is 4.98 Å². The average molecular weight is 281 g/mol. The smallest absolute Gasteiger partial charge is 0.232 e. The van der Waals surface area contributed by atoms with Crippen LogP contribution >= 0.6 is 0 Å². The number of carbonyl (C=O) groups is 1. The van der Waals surface area contributed by atoms with E-state index >= 15 is 0 Å². The topological polar surface area (TPSA) is 77.2 Å². The molecule has 0 unspecified atom stereocenters. The minimum absolute atomic E-state index is 0.118. The fraction of sp³-hybridized carbons (Fsp3) is 0.786. The minimum Gasteiger partial charge on any atom is -0.377 e. The maximum absolute atomic E-state index is 11.2. The zero-order chi connectivity index (χ0) is 14.9. The molecule has 2 rings (SSSR count). The van der Waals surface area contributed by atoms with Crippen LogP contribution < -0.4 is 5.32 Å². The third kappa shape index (κ3) is 3.00. The lowest BCUT2D eigenvalue weighted by Crippen LogP contribution is -2.40. The van der Waals surface area contributed by atoms with Crippen LogP contribution in [-0.2, 0) is 15.1 Å². The highest BCUT2D eigenvalue weighted by atomic mass is 16.5. The summed E-state index contributed by atoms with van der Waals surface area (Å²) in [5.41, 5.74) is -0.639. The van der Waals surface area contributed by atoms with Gasteiger partial charge in [0, 0.05) is 13.5 Å². The molecule has 0 radical (unpaired) electrons. The molecule has 1 saturated heterocycles. The molecule has 112 valence electrons. The van der Waals surface area contributed by atoms with Crippen LogP contribution in [0.1, 0.15) is 58.7 Å². The Morgan fingerprint density at radius 2 is 2.15 bits per heavy atom. The SMILES string of the molecule is CC(=O)NC(C)(C)c1noc([C@@H]2CCO[C@@H]2C(C)C)n1. The van der Waals surface area contributed by atoms with E-state index in [9.17, 15) is 4.79 Å². The average Bonchev–Trinajstić information content (AvgIpc) is 2.96. The lowest BCUT2D eigenvalue weighted by molar-refractivity contribution is -0.120. The van der Waals surface area contributed by atoms with Gasteiger partial charge in [-0.05, 0) is 26.2 Å². The van der Waals surface area contributed by atoms with Gasteiger partial charge in [-0.15, -0.1) is 0 Å². The molecule has 20 heavy (non-hydrogen) atoms. The van der Waals surface area contributed by atoms with Crippen molar-refractivity contribution in [1.29, 1.82) is 0 Å². The molecule has 1 aromatic heterocycles. The van der Waals surface area contributed by atoms with Crippen molar-refractivity contribution in [3.05, 3.63) is 11.7 Å². The van der Waals surface area contributed by atoms with Gasteiger partial charge in [0.1, 0.15) is 0 Å². The summed E-state index contributed by atoms with van der Waals surface area (Å²) in [6, 6.07) is 0. The first-order valence-corrected chi connectivity index (χ1v) is 7.05. The van der Waals surface area contributed by atoms with E-state index in [1.807, 2.05) is 13.8 Å². The quantitative estimate of drug-likeness (QED) is 0.913. The van der Waals surface area contributed by atoms with Crippen LogP contribution in [0.4, 0.5) is 0 Å². The predicted octanol–water partition coefficient (Wildman–Crippen LogP) is 1.97. The molecule has 6 heteroatoms. The van der Waals surface area contributed by atoms with Crippen LogP contribution in [0.3, 0.4) is 0 Å². The normalized spacial score (nSPS) is 23.3. The van der Waals surface area contributed by atoms with Crippen molar-refractivity contribution in [3.63, 3.8) is 0 Å². The second-order valence-corrected chi connectivity index (χ2v) is 6.24. The number of amides is 1. The Kier molecular flexibility index (Phi) is 4.13. The van der Waals surface area contributed by atoms with Crippen molar-refractivity contribution in [2.45, 2.75) is 58.6 Å². The van der Waals surface area contributed by atoms with Gasteiger partial charge in [0.05, 0.1) is 17.6 Å². The highest BCUT2D eigenvalue weighted by molar-refractivity contribution is 5.73. The van der Waals surface area contributed by atoms with E-state index in [-0.39, 0.29) is 17.9 Å². The molecule has 0 aromatic carbocycles. The number of ether oxygens (including phenoxy) is 1. The van der Waals surface area contributed by atoms with Crippen molar-refractivity contribution in [2.24, 2.45) is 5.92 Å². The van der Waals surface area contributed by atoms with Gasteiger partial charge < -0.3 is 14.6 Å². The first-order valence-electron chi connectivity index (χ1n) is 7.05. The number of aromatic nitrogens is 2. The molecule has 6 nitrogen and oxygen atoms in total. The van der Waals surface area contributed by atoms with Gasteiger partial charge in [-0.25, -0.2) is 0 Å². The van der Waals surface area contributed by atoms with Crippen molar-refractivity contribution >= 4 is 5.91 Å². The fourth-order valence-electron chi connectivity index (χ4n) is 2.67. The van der Waals surface area contributed by atoms with E-state index in [1.165, 1.54) is 6.92 Å². The lowest BCUT2D eigenvalue weighted by Gasteiger charge is -2.21. The molecule has 1 aliphatic rings. The van der Waals surface area contributed by atoms with E-state index in [1.54, 1.807) is 0 Å². The van der Waals surface area contributed by atoms with Crippen molar-refractivity contribution < 1.29 is 14.1 Å². The number of nitrogens with one attached hydrogen (secondary N) is 1. The standard InChI is InChI=1S/C14H23N3O3/c1-8(2)11-10(6-7-19-11)12-15-13(17-20-12)14(4,5)16-9(3)18/h8,10-11H,6-7H2,1-5H3,(H,16,18)/t10-,11-/m1/s1. The maximum atomic E-state index is 11.2. The van der Waals surface area contributed by atoms with Gasteiger partial charge in [-0.3, -0.25) is 4.79 Å². The third-order valence-electron chi connectivity index (χ3n) is 3.60. The number of carbonyl (C=O) groups excluding carboxylic acids is 1. The molecule has 1 fully saturated rings. The van der Waals surface area contributed by atoms with E-state index < -0.39 is 5.54 Å². The fourth-order valence-corrected chi connectivity index (χ4v) is 2.67. The van der Waals surface area contributed by atoms with Gasteiger partial charge >= 0.3 is 0 Å². The highest BCUT2D eigenvalue weighted by Gasteiger charge is 2.37. The van der Waals surface area contributed by atoms with Crippen LogP contribution in [0, 0.1) is 5.92 Å². The Hall–Kier alpha value is -1.43. The van der Waals surface area contributed by atoms with Gasteiger partial charge in [0.15, 0.2) is 5.82 Å². The predicted molar refractivity (Wildman–Crippen MR) is 73.1 cm³/mol. The molecule has 1 aromatic rings. The number of hydrogen-bond donors (Lipinski definition) is 1. The summed E-state index contributed by atoms with van der Waals surface area (Å²) in [6.45, 7) is 10.2. The molecular formula is C14H23N3O3.